The molecule has 2 aromatic rings. The maximum absolute atomic E-state index is 13.8. The summed E-state index contributed by atoms with van der Waals surface area (Å²) >= 11 is 4.32. The molecule has 2 N–H and O–H groups in total. The molecular formula is C28H39N3O4S. The maximum Gasteiger partial charge on any atom is 0.408 e. The second kappa shape index (κ2) is 12.8. The Hall–Kier alpha value is -3.00. The second-order valence-corrected chi connectivity index (χ2v) is 10.4. The molecule has 0 fully saturated rings. The fraction of sp³-hybridized carbons (Fsp3) is 0.464. The van der Waals surface area contributed by atoms with E-state index in [1.165, 1.54) is 4.90 Å². The van der Waals surface area contributed by atoms with Gasteiger partial charge in [-0.3, -0.25) is 9.59 Å². The molecule has 0 saturated carbocycles. The zero-order valence-electron chi connectivity index (χ0n) is 22.3. The van der Waals surface area contributed by atoms with Crippen LogP contribution in [0.4, 0.5) is 10.5 Å². The Morgan fingerprint density at radius 1 is 1.03 bits per heavy atom. The number of benzene rings is 2. The van der Waals surface area contributed by atoms with E-state index in [2.05, 4.69) is 23.3 Å². The number of hydrogen-bond acceptors (Lipinski definition) is 5. The van der Waals surface area contributed by atoms with Crippen LogP contribution in [0.15, 0.2) is 42.5 Å². The molecule has 0 aromatic heterocycles. The number of ether oxygens (including phenoxy) is 1. The molecule has 0 aliphatic rings. The first-order chi connectivity index (χ1) is 16.9. The minimum Gasteiger partial charge on any atom is -0.444 e. The van der Waals surface area contributed by atoms with Crippen LogP contribution in [0.25, 0.3) is 0 Å². The minimum atomic E-state index is -0.963. The molecule has 0 aliphatic carbocycles. The van der Waals surface area contributed by atoms with E-state index in [1.54, 1.807) is 20.8 Å². The highest BCUT2D eigenvalue weighted by molar-refractivity contribution is 7.80. The van der Waals surface area contributed by atoms with Crippen LogP contribution in [-0.2, 0) is 14.3 Å². The van der Waals surface area contributed by atoms with Gasteiger partial charge in [0.15, 0.2) is 0 Å². The van der Waals surface area contributed by atoms with Gasteiger partial charge in [0.25, 0.3) is 5.91 Å². The Morgan fingerprint density at radius 3 is 2.17 bits per heavy atom. The zero-order chi connectivity index (χ0) is 27.0. The fourth-order valence-electron chi connectivity index (χ4n) is 3.96. The molecule has 2 unspecified atom stereocenters. The van der Waals surface area contributed by atoms with Gasteiger partial charge < -0.3 is 20.3 Å². The number of thiol groups is 1. The van der Waals surface area contributed by atoms with Crippen molar-refractivity contribution in [3.8, 4) is 0 Å². The van der Waals surface area contributed by atoms with Gasteiger partial charge in [0.1, 0.15) is 17.7 Å². The highest BCUT2D eigenvalue weighted by Crippen LogP contribution is 2.27. The van der Waals surface area contributed by atoms with Crippen LogP contribution in [0.5, 0.6) is 0 Å². The lowest BCUT2D eigenvalue weighted by atomic mass is 10.00. The van der Waals surface area contributed by atoms with Crippen molar-refractivity contribution in [3.05, 3.63) is 64.7 Å². The molecule has 7 nitrogen and oxygen atoms in total. The van der Waals surface area contributed by atoms with E-state index in [-0.39, 0.29) is 11.7 Å². The normalized spacial score (nSPS) is 12.9. The maximum atomic E-state index is 13.8. The molecule has 0 spiro atoms. The summed E-state index contributed by atoms with van der Waals surface area (Å²) in [7, 11) is 0. The van der Waals surface area contributed by atoms with Gasteiger partial charge in [-0.2, -0.15) is 12.6 Å². The number of rotatable bonds is 9. The fourth-order valence-corrected chi connectivity index (χ4v) is 4.21. The first-order valence-corrected chi connectivity index (χ1v) is 12.9. The number of aryl methyl sites for hydroxylation is 3. The average molecular weight is 514 g/mol. The van der Waals surface area contributed by atoms with Crippen molar-refractivity contribution < 1.29 is 19.1 Å². The van der Waals surface area contributed by atoms with Gasteiger partial charge in [-0.25, -0.2) is 4.79 Å². The molecule has 36 heavy (non-hydrogen) atoms. The van der Waals surface area contributed by atoms with E-state index in [4.69, 9.17) is 4.74 Å². The molecule has 3 amide bonds. The summed E-state index contributed by atoms with van der Waals surface area (Å²) in [6.07, 6.45) is -0.0883. The summed E-state index contributed by atoms with van der Waals surface area (Å²) in [6.45, 7) is 13.3. The minimum absolute atomic E-state index is 0.0529. The van der Waals surface area contributed by atoms with Crippen molar-refractivity contribution in [3.63, 3.8) is 0 Å². The van der Waals surface area contributed by atoms with Crippen molar-refractivity contribution in [2.45, 2.75) is 72.6 Å². The lowest BCUT2D eigenvalue weighted by Crippen LogP contribution is -2.53. The zero-order valence-corrected chi connectivity index (χ0v) is 23.2. The average Bonchev–Trinajstić information content (AvgIpc) is 2.78. The number of nitrogens with one attached hydrogen (secondary N) is 2. The molecule has 0 bridgehead atoms. The second-order valence-electron chi connectivity index (χ2n) is 9.99. The van der Waals surface area contributed by atoms with E-state index in [0.29, 0.717) is 18.5 Å². The van der Waals surface area contributed by atoms with Crippen molar-refractivity contribution >= 4 is 36.2 Å². The number of anilines is 1. The van der Waals surface area contributed by atoms with Crippen molar-refractivity contribution in [1.29, 1.82) is 0 Å². The smallest absolute Gasteiger partial charge is 0.408 e. The quantitative estimate of drug-likeness (QED) is 0.394. The number of amides is 3. The van der Waals surface area contributed by atoms with E-state index in [9.17, 15) is 14.4 Å². The molecule has 196 valence electrons. The molecule has 0 radical (unpaired) electrons. The van der Waals surface area contributed by atoms with Crippen molar-refractivity contribution in [2.24, 2.45) is 0 Å². The lowest BCUT2D eigenvalue weighted by molar-refractivity contribution is -0.140. The molecule has 0 saturated heterocycles. The van der Waals surface area contributed by atoms with Gasteiger partial charge in [0, 0.05) is 18.0 Å². The van der Waals surface area contributed by atoms with Crippen LogP contribution in [-0.4, -0.2) is 46.7 Å². The first kappa shape index (κ1) is 29.2. The SMILES string of the molecule is CCCN(C(=O)C(CS)NC(=O)OC(C)(C)C)C(C(=O)Nc1c(C)cccc1C)c1cccc(C)c1. The van der Waals surface area contributed by atoms with Crippen LogP contribution in [0.3, 0.4) is 0 Å². The molecule has 8 heteroatoms. The Bertz CT molecular complexity index is 1060. The lowest BCUT2D eigenvalue weighted by Gasteiger charge is -2.34. The molecule has 0 aliphatic heterocycles. The summed E-state index contributed by atoms with van der Waals surface area (Å²) in [6, 6.07) is 11.5. The summed E-state index contributed by atoms with van der Waals surface area (Å²) < 4.78 is 5.34. The number of nitrogens with zero attached hydrogens (tertiary/aromatic N) is 1. The third-order valence-electron chi connectivity index (χ3n) is 5.57. The number of alkyl carbamates (subject to hydrolysis) is 1. The Balaban J connectivity index is 2.48. The first-order valence-electron chi connectivity index (χ1n) is 12.2. The van der Waals surface area contributed by atoms with E-state index in [0.717, 1.165) is 22.4 Å². The predicted octanol–water partition coefficient (Wildman–Crippen LogP) is 5.35. The Kier molecular flexibility index (Phi) is 10.4. The van der Waals surface area contributed by atoms with Crippen LogP contribution >= 0.6 is 12.6 Å². The summed E-state index contributed by atoms with van der Waals surface area (Å²) in [5.41, 5.74) is 3.53. The molecule has 2 atom stereocenters. The molecule has 2 aromatic carbocycles. The third kappa shape index (κ3) is 8.01. The number of carbonyl (C=O) groups excluding carboxylic acids is 3. The Labute approximate surface area is 220 Å². The number of para-hydroxylation sites is 1. The number of carbonyl (C=O) groups is 3. The van der Waals surface area contributed by atoms with Crippen molar-refractivity contribution in [2.75, 3.05) is 17.6 Å². The summed E-state index contributed by atoms with van der Waals surface area (Å²) in [5.74, 6) is -0.673. The summed E-state index contributed by atoms with van der Waals surface area (Å²) in [4.78, 5) is 41.6. The van der Waals surface area contributed by atoms with E-state index in [1.807, 2.05) is 70.2 Å². The van der Waals surface area contributed by atoms with Crippen LogP contribution < -0.4 is 10.6 Å². The van der Waals surface area contributed by atoms with Gasteiger partial charge in [0.2, 0.25) is 5.91 Å². The molecule has 2 rings (SSSR count). The van der Waals surface area contributed by atoms with Crippen molar-refractivity contribution in [1.82, 2.24) is 10.2 Å². The highest BCUT2D eigenvalue weighted by atomic mass is 32.1. The van der Waals surface area contributed by atoms with Gasteiger partial charge in [-0.1, -0.05) is 55.0 Å². The monoisotopic (exact) mass is 513 g/mol. The van der Waals surface area contributed by atoms with Gasteiger partial charge in [0.05, 0.1) is 0 Å². The number of hydrogen-bond donors (Lipinski definition) is 3. The molecular weight excluding hydrogens is 474 g/mol. The van der Waals surface area contributed by atoms with E-state index >= 15 is 0 Å². The van der Waals surface area contributed by atoms with E-state index < -0.39 is 29.7 Å². The van der Waals surface area contributed by atoms with Crippen LogP contribution in [0.2, 0.25) is 0 Å². The largest absolute Gasteiger partial charge is 0.444 e. The topological polar surface area (TPSA) is 87.7 Å². The molecule has 0 heterocycles. The van der Waals surface area contributed by atoms with Gasteiger partial charge >= 0.3 is 6.09 Å². The Morgan fingerprint density at radius 2 is 1.64 bits per heavy atom. The van der Waals surface area contributed by atoms with Gasteiger partial charge in [-0.05, 0) is 64.7 Å². The predicted molar refractivity (Wildman–Crippen MR) is 147 cm³/mol. The highest BCUT2D eigenvalue weighted by Gasteiger charge is 2.35. The summed E-state index contributed by atoms with van der Waals surface area (Å²) in [5, 5.41) is 5.68. The van der Waals surface area contributed by atoms with Crippen LogP contribution in [0.1, 0.15) is 62.4 Å². The standard InChI is InChI=1S/C28H39N3O4S/c1-8-15-31(26(33)22(17-36)29-27(34)35-28(5,6)7)24(21-14-9-11-18(2)16-21)25(32)30-23-19(3)12-10-13-20(23)4/h9-14,16,22,24,36H,8,15,17H2,1-7H3,(H,29,34)(H,30,32). The third-order valence-corrected chi connectivity index (χ3v) is 5.93. The van der Waals surface area contributed by atoms with Gasteiger partial charge in [-0.15, -0.1) is 0 Å². The van der Waals surface area contributed by atoms with Crippen LogP contribution in [0, 0.1) is 20.8 Å².